The van der Waals surface area contributed by atoms with E-state index < -0.39 is 12.6 Å². The van der Waals surface area contributed by atoms with Crippen molar-refractivity contribution in [2.24, 2.45) is 0 Å². The predicted molar refractivity (Wildman–Crippen MR) is 76.7 cm³/mol. The van der Waals surface area contributed by atoms with E-state index in [4.69, 9.17) is 4.74 Å². The van der Waals surface area contributed by atoms with E-state index in [1.807, 2.05) is 31.2 Å². The molecule has 1 rings (SSSR count). The molecule has 0 aliphatic heterocycles. The lowest BCUT2D eigenvalue weighted by Crippen LogP contribution is -2.25. The molecular formula is C14H19BrF3NO. The van der Waals surface area contributed by atoms with Gasteiger partial charge in [0, 0.05) is 11.0 Å². The highest BCUT2D eigenvalue weighted by Crippen LogP contribution is 2.27. The van der Waals surface area contributed by atoms with Crippen LogP contribution in [-0.2, 0) is 4.74 Å². The zero-order valence-electron chi connectivity index (χ0n) is 11.3. The van der Waals surface area contributed by atoms with Gasteiger partial charge in [0.1, 0.15) is 0 Å². The number of hydrogen-bond acceptors (Lipinski definition) is 2. The third-order valence-electron chi connectivity index (χ3n) is 2.71. The topological polar surface area (TPSA) is 21.3 Å². The minimum atomic E-state index is -4.19. The molecular weight excluding hydrogens is 335 g/mol. The Kier molecular flexibility index (Phi) is 7.55. The van der Waals surface area contributed by atoms with Gasteiger partial charge in [-0.1, -0.05) is 41.1 Å². The molecule has 0 bridgehead atoms. The van der Waals surface area contributed by atoms with Gasteiger partial charge in [0.15, 0.2) is 0 Å². The number of rotatable bonds is 8. The van der Waals surface area contributed by atoms with E-state index in [1.165, 1.54) is 0 Å². The second-order valence-electron chi connectivity index (χ2n) is 4.45. The lowest BCUT2D eigenvalue weighted by atomic mass is 10.1. The molecule has 0 aromatic heterocycles. The van der Waals surface area contributed by atoms with Gasteiger partial charge in [0.2, 0.25) is 0 Å². The van der Waals surface area contributed by atoms with Crippen LogP contribution in [0.15, 0.2) is 28.7 Å². The van der Waals surface area contributed by atoms with Crippen molar-refractivity contribution in [3.05, 3.63) is 34.3 Å². The summed E-state index contributed by atoms with van der Waals surface area (Å²) in [6.45, 7) is 3.01. The molecule has 1 aromatic carbocycles. The first-order chi connectivity index (χ1) is 9.44. The zero-order valence-corrected chi connectivity index (χ0v) is 12.9. The van der Waals surface area contributed by atoms with Crippen LogP contribution in [0.1, 0.15) is 31.4 Å². The summed E-state index contributed by atoms with van der Waals surface area (Å²) < 4.78 is 42.8. The average Bonchev–Trinajstić information content (AvgIpc) is 2.37. The maximum Gasteiger partial charge on any atom is 0.391 e. The van der Waals surface area contributed by atoms with Crippen LogP contribution in [-0.4, -0.2) is 25.9 Å². The van der Waals surface area contributed by atoms with Crippen molar-refractivity contribution in [1.29, 1.82) is 0 Å². The first kappa shape index (κ1) is 17.5. The second-order valence-corrected chi connectivity index (χ2v) is 5.30. The van der Waals surface area contributed by atoms with Crippen molar-refractivity contribution in [2.45, 2.75) is 32.0 Å². The van der Waals surface area contributed by atoms with Crippen LogP contribution in [0.4, 0.5) is 13.2 Å². The van der Waals surface area contributed by atoms with Gasteiger partial charge < -0.3 is 10.1 Å². The molecule has 0 saturated heterocycles. The molecule has 0 amide bonds. The number of halogens is 4. The normalized spacial score (nSPS) is 13.4. The molecule has 1 aromatic rings. The van der Waals surface area contributed by atoms with Gasteiger partial charge >= 0.3 is 6.18 Å². The third kappa shape index (κ3) is 6.72. The third-order valence-corrected chi connectivity index (χ3v) is 3.44. The Balaban J connectivity index is 2.63. The average molecular weight is 354 g/mol. The zero-order chi connectivity index (χ0) is 15.0. The highest BCUT2D eigenvalue weighted by molar-refractivity contribution is 9.10. The number of hydrogen-bond donors (Lipinski definition) is 1. The van der Waals surface area contributed by atoms with Gasteiger partial charge in [-0.15, -0.1) is 0 Å². The van der Waals surface area contributed by atoms with E-state index in [0.717, 1.165) is 23.0 Å². The summed E-state index contributed by atoms with van der Waals surface area (Å²) in [7, 11) is 0. The van der Waals surface area contributed by atoms with E-state index >= 15 is 0 Å². The Morgan fingerprint density at radius 1 is 1.30 bits per heavy atom. The molecule has 0 aliphatic rings. The van der Waals surface area contributed by atoms with Crippen LogP contribution >= 0.6 is 15.9 Å². The second kappa shape index (κ2) is 8.64. The van der Waals surface area contributed by atoms with Gasteiger partial charge in [-0.25, -0.2) is 0 Å². The van der Waals surface area contributed by atoms with Gasteiger partial charge in [-0.05, 0) is 24.6 Å². The summed E-state index contributed by atoms with van der Waals surface area (Å²) in [6, 6.07) is 7.42. The van der Waals surface area contributed by atoms with Gasteiger partial charge in [0.05, 0.1) is 19.1 Å². The summed E-state index contributed by atoms with van der Waals surface area (Å²) in [4.78, 5) is 0. The highest BCUT2D eigenvalue weighted by atomic mass is 79.9. The molecule has 20 heavy (non-hydrogen) atoms. The number of nitrogens with one attached hydrogen (secondary N) is 1. The Morgan fingerprint density at radius 2 is 2.00 bits per heavy atom. The quantitative estimate of drug-likeness (QED) is 0.696. The van der Waals surface area contributed by atoms with Crippen molar-refractivity contribution in [3.63, 3.8) is 0 Å². The highest BCUT2D eigenvalue weighted by Gasteiger charge is 2.27. The molecule has 0 saturated carbocycles. The Morgan fingerprint density at radius 3 is 2.60 bits per heavy atom. The molecule has 2 nitrogen and oxygen atoms in total. The van der Waals surface area contributed by atoms with E-state index in [9.17, 15) is 13.2 Å². The standard InChI is InChI=1S/C14H19BrF3NO/c1-2-8-19-10-13(20-9-7-14(16,17)18)11-5-3-4-6-12(11)15/h3-6,13,19H,2,7-10H2,1H3. The maximum atomic E-state index is 12.2. The van der Waals surface area contributed by atoms with Gasteiger partial charge in [-0.2, -0.15) is 13.2 Å². The predicted octanol–water partition coefficient (Wildman–Crippen LogP) is 4.46. The van der Waals surface area contributed by atoms with Crippen molar-refractivity contribution < 1.29 is 17.9 Å². The smallest absolute Gasteiger partial charge is 0.372 e. The molecule has 114 valence electrons. The molecule has 0 radical (unpaired) electrons. The lowest BCUT2D eigenvalue weighted by Gasteiger charge is -2.20. The van der Waals surface area contributed by atoms with Gasteiger partial charge in [0.25, 0.3) is 0 Å². The molecule has 0 aliphatic carbocycles. The van der Waals surface area contributed by atoms with E-state index in [0.29, 0.717) is 6.54 Å². The van der Waals surface area contributed by atoms with E-state index in [2.05, 4.69) is 21.2 Å². The Hall–Kier alpha value is -0.590. The number of ether oxygens (including phenoxy) is 1. The Bertz CT molecular complexity index is 398. The number of alkyl halides is 3. The van der Waals surface area contributed by atoms with Crippen LogP contribution in [0.25, 0.3) is 0 Å². The van der Waals surface area contributed by atoms with Crippen LogP contribution in [0, 0.1) is 0 Å². The number of benzene rings is 1. The van der Waals surface area contributed by atoms with Crippen LogP contribution < -0.4 is 5.32 Å². The van der Waals surface area contributed by atoms with Crippen LogP contribution in [0.5, 0.6) is 0 Å². The summed E-state index contributed by atoms with van der Waals surface area (Å²) in [6.07, 6.45) is -4.54. The summed E-state index contributed by atoms with van der Waals surface area (Å²) in [5.74, 6) is 0. The fourth-order valence-electron chi connectivity index (χ4n) is 1.72. The first-order valence-electron chi connectivity index (χ1n) is 6.57. The first-order valence-corrected chi connectivity index (χ1v) is 7.37. The van der Waals surface area contributed by atoms with Crippen molar-refractivity contribution in [1.82, 2.24) is 5.32 Å². The summed E-state index contributed by atoms with van der Waals surface area (Å²) in [5, 5.41) is 3.18. The molecule has 1 atom stereocenters. The summed E-state index contributed by atoms with van der Waals surface area (Å²) in [5.41, 5.74) is 0.860. The fourth-order valence-corrected chi connectivity index (χ4v) is 2.26. The molecule has 0 heterocycles. The molecule has 1 N–H and O–H groups in total. The molecule has 0 spiro atoms. The Labute approximate surface area is 125 Å². The van der Waals surface area contributed by atoms with Crippen LogP contribution in [0.3, 0.4) is 0 Å². The minimum absolute atomic E-state index is 0.330. The van der Waals surface area contributed by atoms with Crippen molar-refractivity contribution in [2.75, 3.05) is 19.7 Å². The largest absolute Gasteiger partial charge is 0.391 e. The van der Waals surface area contributed by atoms with Crippen LogP contribution in [0.2, 0.25) is 0 Å². The maximum absolute atomic E-state index is 12.2. The van der Waals surface area contributed by atoms with Gasteiger partial charge in [-0.3, -0.25) is 0 Å². The fraction of sp³-hybridized carbons (Fsp3) is 0.571. The van der Waals surface area contributed by atoms with Crippen molar-refractivity contribution in [3.8, 4) is 0 Å². The van der Waals surface area contributed by atoms with Crippen molar-refractivity contribution >= 4 is 15.9 Å². The molecule has 0 fully saturated rings. The SMILES string of the molecule is CCCNCC(OCCC(F)(F)F)c1ccccc1Br. The lowest BCUT2D eigenvalue weighted by molar-refractivity contribution is -0.149. The molecule has 1 unspecified atom stereocenters. The monoisotopic (exact) mass is 353 g/mol. The minimum Gasteiger partial charge on any atom is -0.372 e. The van der Waals surface area contributed by atoms with E-state index in [1.54, 1.807) is 0 Å². The molecule has 6 heteroatoms. The van der Waals surface area contributed by atoms with E-state index in [-0.39, 0.29) is 12.7 Å². The summed E-state index contributed by atoms with van der Waals surface area (Å²) >= 11 is 3.41.